The lowest BCUT2D eigenvalue weighted by molar-refractivity contribution is -0.384. The molecule has 1 heterocycles. The van der Waals surface area contributed by atoms with Gasteiger partial charge in [0.2, 0.25) is 0 Å². The minimum atomic E-state index is -0.458. The molecule has 4 rings (SSSR count). The minimum absolute atomic E-state index is 0.000661. The Labute approximate surface area is 161 Å². The Hall–Kier alpha value is -4.06. The van der Waals surface area contributed by atoms with Gasteiger partial charge in [-0.2, -0.15) is 0 Å². The number of nitro groups is 1. The molecule has 0 fully saturated rings. The molecule has 28 heavy (non-hydrogen) atoms. The number of aliphatic imine (C=N–C) groups is 1. The molecule has 136 valence electrons. The number of non-ortho nitro benzene ring substituents is 1. The number of rotatable bonds is 4. The van der Waals surface area contributed by atoms with Gasteiger partial charge in [0.05, 0.1) is 10.6 Å². The molecule has 1 aliphatic rings. The third kappa shape index (κ3) is 3.31. The Bertz CT molecular complexity index is 1090. The fraction of sp³-hybridized carbons (Fsp3) is 0. The van der Waals surface area contributed by atoms with Gasteiger partial charge in [0.15, 0.2) is 0 Å². The van der Waals surface area contributed by atoms with Gasteiger partial charge in [0.25, 0.3) is 11.6 Å². The van der Waals surface area contributed by atoms with Gasteiger partial charge in [-0.25, -0.2) is 4.99 Å². The van der Waals surface area contributed by atoms with E-state index in [4.69, 9.17) is 0 Å². The van der Waals surface area contributed by atoms with Crippen LogP contribution in [-0.4, -0.2) is 16.7 Å². The lowest BCUT2D eigenvalue weighted by Crippen LogP contribution is -2.32. The van der Waals surface area contributed by atoms with E-state index in [9.17, 15) is 14.9 Å². The van der Waals surface area contributed by atoms with E-state index in [-0.39, 0.29) is 17.3 Å². The molecule has 0 saturated carbocycles. The summed E-state index contributed by atoms with van der Waals surface area (Å²) in [6, 6.07) is 24.8. The van der Waals surface area contributed by atoms with Crippen molar-refractivity contribution in [3.05, 3.63) is 112 Å². The van der Waals surface area contributed by atoms with Crippen molar-refractivity contribution in [3.8, 4) is 0 Å². The maximum atomic E-state index is 13.1. The van der Waals surface area contributed by atoms with Gasteiger partial charge in [-0.3, -0.25) is 19.8 Å². The van der Waals surface area contributed by atoms with Crippen LogP contribution >= 0.6 is 0 Å². The molecule has 0 spiro atoms. The summed E-state index contributed by atoms with van der Waals surface area (Å²) in [5, 5.41) is 10.8. The van der Waals surface area contributed by atoms with Gasteiger partial charge < -0.3 is 0 Å². The number of hydrogen-bond acceptors (Lipinski definition) is 4. The van der Waals surface area contributed by atoms with Crippen LogP contribution in [0, 0.1) is 10.1 Å². The molecule has 1 amide bonds. The normalized spacial score (nSPS) is 15.0. The van der Waals surface area contributed by atoms with Crippen LogP contribution in [0.2, 0.25) is 0 Å². The summed E-state index contributed by atoms with van der Waals surface area (Å²) in [4.78, 5) is 29.6. The van der Waals surface area contributed by atoms with E-state index in [2.05, 4.69) is 4.99 Å². The summed E-state index contributed by atoms with van der Waals surface area (Å²) < 4.78 is 0. The Kier molecular flexibility index (Phi) is 4.51. The number of anilines is 1. The van der Waals surface area contributed by atoms with Gasteiger partial charge in [0, 0.05) is 17.7 Å². The van der Waals surface area contributed by atoms with Crippen molar-refractivity contribution in [1.82, 2.24) is 0 Å². The largest absolute Gasteiger partial charge is 0.282 e. The third-order valence-corrected chi connectivity index (χ3v) is 4.31. The Morgan fingerprint density at radius 1 is 0.857 bits per heavy atom. The first-order valence-corrected chi connectivity index (χ1v) is 8.63. The highest BCUT2D eigenvalue weighted by molar-refractivity contribution is 6.33. The average molecular weight is 369 g/mol. The Morgan fingerprint density at radius 3 is 2.07 bits per heavy atom. The number of nitro benzene ring substituents is 1. The second-order valence-corrected chi connectivity index (χ2v) is 6.16. The molecule has 3 aromatic rings. The summed E-state index contributed by atoms with van der Waals surface area (Å²) in [7, 11) is 0. The molecule has 0 aromatic heterocycles. The maximum Gasteiger partial charge on any atom is 0.282 e. The number of amides is 1. The van der Waals surface area contributed by atoms with Crippen LogP contribution in [0.4, 0.5) is 11.4 Å². The van der Waals surface area contributed by atoms with Crippen molar-refractivity contribution in [2.75, 3.05) is 4.90 Å². The van der Waals surface area contributed by atoms with Gasteiger partial charge in [-0.05, 0) is 35.9 Å². The standard InChI is InChI=1S/C22H15N3O3/c26-22-20(15-16-11-13-19(14-12-16)25(27)28)23-21(17-7-3-1-4-8-17)24(22)18-9-5-2-6-10-18/h1-15H. The van der Waals surface area contributed by atoms with Crippen molar-refractivity contribution in [2.24, 2.45) is 4.99 Å². The fourth-order valence-electron chi connectivity index (χ4n) is 2.96. The van der Waals surface area contributed by atoms with E-state index in [0.717, 1.165) is 11.3 Å². The molecule has 0 radical (unpaired) electrons. The van der Waals surface area contributed by atoms with Crippen molar-refractivity contribution in [1.29, 1.82) is 0 Å². The molecule has 0 bridgehead atoms. The highest BCUT2D eigenvalue weighted by Crippen LogP contribution is 2.28. The molecule has 0 atom stereocenters. The SMILES string of the molecule is O=C1C(=Cc2ccc([N+](=O)[O-])cc2)N=C(c2ccccc2)N1c1ccccc1. The summed E-state index contributed by atoms with van der Waals surface area (Å²) >= 11 is 0. The quantitative estimate of drug-likeness (QED) is 0.388. The van der Waals surface area contributed by atoms with E-state index in [1.807, 2.05) is 60.7 Å². The van der Waals surface area contributed by atoms with Crippen LogP contribution in [0.1, 0.15) is 11.1 Å². The van der Waals surface area contributed by atoms with Crippen LogP contribution in [0.5, 0.6) is 0 Å². The molecule has 6 heteroatoms. The van der Waals surface area contributed by atoms with Crippen LogP contribution in [0.15, 0.2) is 95.6 Å². The number of benzene rings is 3. The highest BCUT2D eigenvalue weighted by Gasteiger charge is 2.32. The fourth-order valence-corrected chi connectivity index (χ4v) is 2.96. The molecule has 3 aromatic carbocycles. The van der Waals surface area contributed by atoms with Crippen molar-refractivity contribution < 1.29 is 9.72 Å². The molecule has 1 aliphatic heterocycles. The molecular weight excluding hydrogens is 354 g/mol. The summed E-state index contributed by atoms with van der Waals surface area (Å²) in [5.41, 5.74) is 2.49. The predicted octanol–water partition coefficient (Wildman–Crippen LogP) is 4.43. The average Bonchev–Trinajstić information content (AvgIpc) is 3.06. The molecule has 6 nitrogen and oxygen atoms in total. The van der Waals surface area contributed by atoms with Crippen LogP contribution in [0.3, 0.4) is 0 Å². The number of hydrogen-bond donors (Lipinski definition) is 0. The molecule has 0 aliphatic carbocycles. The number of amidine groups is 1. The van der Waals surface area contributed by atoms with Crippen LogP contribution in [-0.2, 0) is 4.79 Å². The second-order valence-electron chi connectivity index (χ2n) is 6.16. The van der Waals surface area contributed by atoms with E-state index in [1.54, 1.807) is 23.1 Å². The van der Waals surface area contributed by atoms with Crippen molar-refractivity contribution in [3.63, 3.8) is 0 Å². The second kappa shape index (κ2) is 7.28. The highest BCUT2D eigenvalue weighted by atomic mass is 16.6. The van der Waals surface area contributed by atoms with E-state index < -0.39 is 4.92 Å². The van der Waals surface area contributed by atoms with Crippen LogP contribution in [0.25, 0.3) is 6.08 Å². The number of carbonyl (C=O) groups is 1. The van der Waals surface area contributed by atoms with Gasteiger partial charge in [-0.15, -0.1) is 0 Å². The predicted molar refractivity (Wildman–Crippen MR) is 108 cm³/mol. The Balaban J connectivity index is 1.77. The Morgan fingerprint density at radius 2 is 1.46 bits per heavy atom. The zero-order valence-electron chi connectivity index (χ0n) is 14.7. The first-order chi connectivity index (χ1) is 13.6. The topological polar surface area (TPSA) is 75.8 Å². The number of nitrogens with zero attached hydrogens (tertiary/aromatic N) is 3. The maximum absolute atomic E-state index is 13.1. The third-order valence-electron chi connectivity index (χ3n) is 4.31. The van der Waals surface area contributed by atoms with Gasteiger partial charge >= 0.3 is 0 Å². The lowest BCUT2D eigenvalue weighted by Gasteiger charge is -2.18. The first-order valence-electron chi connectivity index (χ1n) is 8.63. The number of para-hydroxylation sites is 1. The molecule has 0 unspecified atom stereocenters. The monoisotopic (exact) mass is 369 g/mol. The summed E-state index contributed by atoms with van der Waals surface area (Å²) in [6.45, 7) is 0. The first kappa shape index (κ1) is 17.4. The van der Waals surface area contributed by atoms with Crippen molar-refractivity contribution in [2.45, 2.75) is 0 Å². The van der Waals surface area contributed by atoms with Crippen LogP contribution < -0.4 is 4.90 Å². The smallest absolute Gasteiger partial charge is 0.266 e. The van der Waals surface area contributed by atoms with Crippen molar-refractivity contribution >= 4 is 29.2 Å². The summed E-state index contributed by atoms with van der Waals surface area (Å²) in [5.74, 6) is 0.299. The number of carbonyl (C=O) groups excluding carboxylic acids is 1. The zero-order chi connectivity index (χ0) is 19.5. The molecular formula is C22H15N3O3. The molecule has 0 N–H and O–H groups in total. The van der Waals surface area contributed by atoms with E-state index in [1.165, 1.54) is 12.1 Å². The van der Waals surface area contributed by atoms with Gasteiger partial charge in [0.1, 0.15) is 11.5 Å². The molecule has 0 saturated heterocycles. The zero-order valence-corrected chi connectivity index (χ0v) is 14.7. The lowest BCUT2D eigenvalue weighted by atomic mass is 10.1. The summed E-state index contributed by atoms with van der Waals surface area (Å²) in [6.07, 6.45) is 1.64. The van der Waals surface area contributed by atoms with E-state index in [0.29, 0.717) is 11.4 Å². The van der Waals surface area contributed by atoms with Gasteiger partial charge in [-0.1, -0.05) is 48.5 Å². The minimum Gasteiger partial charge on any atom is -0.266 e. The van der Waals surface area contributed by atoms with E-state index >= 15 is 0 Å².